The first-order valence-corrected chi connectivity index (χ1v) is 5.83. The Kier molecular flexibility index (Phi) is 3.64. The maximum absolute atomic E-state index is 13.1. The van der Waals surface area contributed by atoms with Crippen LogP contribution in [0.5, 0.6) is 0 Å². The number of pyridine rings is 1. The minimum absolute atomic E-state index is 0.0793. The number of carbonyl (C=O) groups is 1. The zero-order chi connectivity index (χ0) is 12.3. The van der Waals surface area contributed by atoms with E-state index in [2.05, 4.69) is 20.9 Å². The van der Waals surface area contributed by atoms with Gasteiger partial charge in [0.25, 0.3) is 0 Å². The van der Waals surface area contributed by atoms with Gasteiger partial charge in [0, 0.05) is 28.9 Å². The van der Waals surface area contributed by atoms with Gasteiger partial charge in [-0.05, 0) is 35.9 Å². The smallest absolute Gasteiger partial charge is 0.168 e. The molecule has 0 saturated carbocycles. The molecule has 0 fully saturated rings. The largest absolute Gasteiger partial charge is 0.294 e. The molecule has 0 aliphatic rings. The fraction of sp³-hybridized carbons (Fsp3) is 0.0769. The number of hydrogen-bond acceptors (Lipinski definition) is 2. The van der Waals surface area contributed by atoms with Crippen molar-refractivity contribution in [2.75, 3.05) is 0 Å². The van der Waals surface area contributed by atoms with Crippen LogP contribution in [0.1, 0.15) is 15.9 Å². The number of benzene rings is 1. The highest BCUT2D eigenvalue weighted by Gasteiger charge is 2.10. The van der Waals surface area contributed by atoms with E-state index in [4.69, 9.17) is 0 Å². The second-order valence-corrected chi connectivity index (χ2v) is 4.43. The summed E-state index contributed by atoms with van der Waals surface area (Å²) in [5.41, 5.74) is 1.17. The first-order chi connectivity index (χ1) is 8.16. The van der Waals surface area contributed by atoms with Crippen LogP contribution in [0.15, 0.2) is 47.2 Å². The maximum atomic E-state index is 13.1. The molecular formula is C13H9BrFNO. The van der Waals surface area contributed by atoms with E-state index in [1.165, 1.54) is 18.3 Å². The summed E-state index contributed by atoms with van der Waals surface area (Å²) in [6.07, 6.45) is 3.27. The quantitative estimate of drug-likeness (QED) is 0.812. The Balaban J connectivity index is 2.22. The number of rotatable bonds is 3. The Morgan fingerprint density at radius 2 is 2.18 bits per heavy atom. The van der Waals surface area contributed by atoms with E-state index in [-0.39, 0.29) is 18.0 Å². The Bertz CT molecular complexity index is 542. The van der Waals surface area contributed by atoms with Gasteiger partial charge in [-0.15, -0.1) is 0 Å². The second kappa shape index (κ2) is 5.19. The third-order valence-corrected chi connectivity index (χ3v) is 3.12. The van der Waals surface area contributed by atoms with Crippen molar-refractivity contribution in [3.63, 3.8) is 0 Å². The summed E-state index contributed by atoms with van der Waals surface area (Å²) < 4.78 is 13.8. The highest BCUT2D eigenvalue weighted by atomic mass is 79.9. The SMILES string of the molecule is O=C(Cc1cc(F)ccc1Br)c1cccnc1. The lowest BCUT2D eigenvalue weighted by molar-refractivity contribution is 0.0992. The summed E-state index contributed by atoms with van der Waals surface area (Å²) in [6.45, 7) is 0. The molecule has 0 radical (unpaired) electrons. The lowest BCUT2D eigenvalue weighted by Gasteiger charge is -2.04. The molecular weight excluding hydrogens is 285 g/mol. The molecule has 0 atom stereocenters. The molecule has 1 aromatic carbocycles. The monoisotopic (exact) mass is 293 g/mol. The van der Waals surface area contributed by atoms with E-state index in [0.717, 1.165) is 4.47 Å². The first kappa shape index (κ1) is 11.9. The van der Waals surface area contributed by atoms with Crippen LogP contribution in [0.3, 0.4) is 0 Å². The second-order valence-electron chi connectivity index (χ2n) is 3.58. The summed E-state index contributed by atoms with van der Waals surface area (Å²) in [4.78, 5) is 15.8. The minimum atomic E-state index is -0.345. The summed E-state index contributed by atoms with van der Waals surface area (Å²) in [5.74, 6) is -0.424. The molecule has 1 heterocycles. The van der Waals surface area contributed by atoms with E-state index < -0.39 is 0 Å². The number of hydrogen-bond donors (Lipinski definition) is 0. The number of halogens is 2. The van der Waals surface area contributed by atoms with E-state index >= 15 is 0 Å². The van der Waals surface area contributed by atoms with Crippen LogP contribution in [0, 0.1) is 5.82 Å². The average Bonchev–Trinajstić information content (AvgIpc) is 2.35. The average molecular weight is 294 g/mol. The molecule has 0 spiro atoms. The van der Waals surface area contributed by atoms with Crippen LogP contribution in [-0.2, 0) is 6.42 Å². The van der Waals surface area contributed by atoms with Crippen molar-refractivity contribution in [2.45, 2.75) is 6.42 Å². The van der Waals surface area contributed by atoms with Gasteiger partial charge >= 0.3 is 0 Å². The fourth-order valence-corrected chi connectivity index (χ4v) is 1.87. The van der Waals surface area contributed by atoms with E-state index in [9.17, 15) is 9.18 Å². The third kappa shape index (κ3) is 2.97. The molecule has 0 aliphatic heterocycles. The van der Waals surface area contributed by atoms with Crippen molar-refractivity contribution >= 4 is 21.7 Å². The fourth-order valence-electron chi connectivity index (χ4n) is 1.48. The third-order valence-electron chi connectivity index (χ3n) is 2.34. The molecule has 4 heteroatoms. The zero-order valence-corrected chi connectivity index (χ0v) is 10.4. The predicted octanol–water partition coefficient (Wildman–Crippen LogP) is 3.41. The Morgan fingerprint density at radius 1 is 1.35 bits per heavy atom. The van der Waals surface area contributed by atoms with Crippen LogP contribution in [-0.4, -0.2) is 10.8 Å². The van der Waals surface area contributed by atoms with Crippen LogP contribution < -0.4 is 0 Å². The number of carbonyl (C=O) groups excluding carboxylic acids is 1. The number of aromatic nitrogens is 1. The first-order valence-electron chi connectivity index (χ1n) is 5.04. The molecule has 2 aromatic rings. The van der Waals surface area contributed by atoms with Gasteiger partial charge in [0.05, 0.1) is 0 Å². The topological polar surface area (TPSA) is 30.0 Å². The van der Waals surface area contributed by atoms with Crippen molar-refractivity contribution in [1.82, 2.24) is 4.98 Å². The predicted molar refractivity (Wildman–Crippen MR) is 66.4 cm³/mol. The highest BCUT2D eigenvalue weighted by molar-refractivity contribution is 9.10. The molecule has 17 heavy (non-hydrogen) atoms. The summed E-state index contributed by atoms with van der Waals surface area (Å²) in [6, 6.07) is 7.71. The summed E-state index contributed by atoms with van der Waals surface area (Å²) >= 11 is 3.30. The summed E-state index contributed by atoms with van der Waals surface area (Å²) in [7, 11) is 0. The Hall–Kier alpha value is -1.55. The van der Waals surface area contributed by atoms with Gasteiger partial charge in [0.2, 0.25) is 0 Å². The standard InChI is InChI=1S/C13H9BrFNO/c14-12-4-3-11(15)6-10(12)7-13(17)9-2-1-5-16-8-9/h1-6,8H,7H2. The van der Waals surface area contributed by atoms with Gasteiger partial charge < -0.3 is 0 Å². The number of nitrogens with zero attached hydrogens (tertiary/aromatic N) is 1. The van der Waals surface area contributed by atoms with Crippen LogP contribution in [0.4, 0.5) is 4.39 Å². The number of Topliss-reactive ketones (excluding diaryl/α,β-unsaturated/α-hetero) is 1. The molecule has 0 unspecified atom stereocenters. The van der Waals surface area contributed by atoms with Gasteiger partial charge in [-0.25, -0.2) is 4.39 Å². The Labute approximate surface area is 107 Å². The van der Waals surface area contributed by atoms with E-state index in [0.29, 0.717) is 11.1 Å². The molecule has 0 saturated heterocycles. The molecule has 86 valence electrons. The van der Waals surface area contributed by atoms with Crippen molar-refractivity contribution in [3.05, 3.63) is 64.1 Å². The van der Waals surface area contributed by atoms with Gasteiger partial charge in [-0.2, -0.15) is 0 Å². The zero-order valence-electron chi connectivity index (χ0n) is 8.86. The Morgan fingerprint density at radius 3 is 2.88 bits per heavy atom. The van der Waals surface area contributed by atoms with Crippen LogP contribution >= 0.6 is 15.9 Å². The van der Waals surface area contributed by atoms with E-state index in [1.807, 2.05) is 0 Å². The van der Waals surface area contributed by atoms with Crippen molar-refractivity contribution in [1.29, 1.82) is 0 Å². The van der Waals surface area contributed by atoms with Gasteiger partial charge in [-0.1, -0.05) is 15.9 Å². The highest BCUT2D eigenvalue weighted by Crippen LogP contribution is 2.19. The number of ketones is 1. The maximum Gasteiger partial charge on any atom is 0.168 e. The lowest BCUT2D eigenvalue weighted by atomic mass is 10.0. The van der Waals surface area contributed by atoms with Crippen molar-refractivity contribution in [3.8, 4) is 0 Å². The molecule has 2 rings (SSSR count). The molecule has 0 amide bonds. The molecule has 1 aromatic heterocycles. The van der Waals surface area contributed by atoms with Crippen molar-refractivity contribution < 1.29 is 9.18 Å². The van der Waals surface area contributed by atoms with Gasteiger partial charge in [-0.3, -0.25) is 9.78 Å². The molecule has 0 bridgehead atoms. The molecule has 2 nitrogen and oxygen atoms in total. The lowest BCUT2D eigenvalue weighted by Crippen LogP contribution is -2.04. The minimum Gasteiger partial charge on any atom is -0.294 e. The molecule has 0 N–H and O–H groups in total. The van der Waals surface area contributed by atoms with Crippen LogP contribution in [0.25, 0.3) is 0 Å². The van der Waals surface area contributed by atoms with Gasteiger partial charge in [0.15, 0.2) is 5.78 Å². The van der Waals surface area contributed by atoms with E-state index in [1.54, 1.807) is 24.4 Å². The van der Waals surface area contributed by atoms with Gasteiger partial charge in [0.1, 0.15) is 5.82 Å². The van der Waals surface area contributed by atoms with Crippen LogP contribution in [0.2, 0.25) is 0 Å². The normalized spacial score (nSPS) is 10.2. The van der Waals surface area contributed by atoms with Crippen molar-refractivity contribution in [2.24, 2.45) is 0 Å². The summed E-state index contributed by atoms with van der Waals surface area (Å²) in [5, 5.41) is 0. The molecule has 0 aliphatic carbocycles.